The molecule has 202 valence electrons. The summed E-state index contributed by atoms with van der Waals surface area (Å²) in [7, 11) is 0. The number of furan rings is 1. The van der Waals surface area contributed by atoms with E-state index in [9.17, 15) is 0 Å². The molecule has 3 aromatic carbocycles. The maximum atomic E-state index is 4.99. The average Bonchev–Trinajstić information content (AvgIpc) is 3.51. The van der Waals surface area contributed by atoms with Crippen LogP contribution in [0.5, 0.6) is 0 Å². The van der Waals surface area contributed by atoms with Crippen LogP contribution in [0.25, 0.3) is 22.3 Å². The molecule has 1 heterocycles. The van der Waals surface area contributed by atoms with Crippen LogP contribution >= 0.6 is 0 Å². The number of benzene rings is 2. The molecule has 1 aliphatic rings. The molecule has 4 heteroatoms. The first kappa shape index (κ1) is 34.4. The summed E-state index contributed by atoms with van der Waals surface area (Å²) in [5.74, 6) is 0. The van der Waals surface area contributed by atoms with Crippen LogP contribution in [0.1, 0.15) is 83.2 Å². The van der Waals surface area contributed by atoms with Crippen molar-refractivity contribution in [2.24, 2.45) is 0 Å². The molecule has 0 aliphatic heterocycles. The third-order valence-corrected chi connectivity index (χ3v) is 6.33. The number of hydrogen-bond acceptors (Lipinski definition) is 1. The van der Waals surface area contributed by atoms with Crippen LogP contribution in [0.4, 0.5) is 0 Å². The van der Waals surface area contributed by atoms with Gasteiger partial charge in [-0.2, -0.15) is 29.8 Å². The molecule has 38 heavy (non-hydrogen) atoms. The summed E-state index contributed by atoms with van der Waals surface area (Å²) >= 11 is 1.55. The Morgan fingerprint density at radius 2 is 1.53 bits per heavy atom. The van der Waals surface area contributed by atoms with E-state index in [1.807, 2.05) is 6.07 Å². The van der Waals surface area contributed by atoms with Crippen molar-refractivity contribution in [3.8, 4) is 22.3 Å². The maximum Gasteiger partial charge on any atom is 0.0471 e. The number of aryl methyl sites for hydroxylation is 1. The molecular formula is C34H40Cl2OZr-2. The van der Waals surface area contributed by atoms with Gasteiger partial charge in [0.25, 0.3) is 0 Å². The molecule has 1 nitrogen and oxygen atoms in total. The molecule has 0 amide bonds. The van der Waals surface area contributed by atoms with Gasteiger partial charge < -0.3 is 29.2 Å². The van der Waals surface area contributed by atoms with Crippen LogP contribution in [0.3, 0.4) is 0 Å². The van der Waals surface area contributed by atoms with Crippen LogP contribution in [0, 0.1) is 13.0 Å². The summed E-state index contributed by atoms with van der Waals surface area (Å²) in [6, 6.07) is 23.4. The van der Waals surface area contributed by atoms with Gasteiger partial charge in [-0.05, 0) is 28.4 Å². The third kappa shape index (κ3) is 8.97. The zero-order chi connectivity index (χ0) is 26.7. The Labute approximate surface area is 258 Å². The zero-order valence-corrected chi connectivity index (χ0v) is 28.2. The summed E-state index contributed by atoms with van der Waals surface area (Å²) in [6.07, 6.45) is 4.49. The smallest absolute Gasteiger partial charge is 0.0471 e. The predicted molar refractivity (Wildman–Crippen MR) is 152 cm³/mol. The average molecular weight is 627 g/mol. The monoisotopic (exact) mass is 624 g/mol. The Kier molecular flexibility index (Phi) is 12.8. The fourth-order valence-corrected chi connectivity index (χ4v) is 4.28. The van der Waals surface area contributed by atoms with Crippen molar-refractivity contribution in [2.45, 2.75) is 79.6 Å². The molecule has 0 N–H and O–H groups in total. The molecule has 5 rings (SSSR count). The van der Waals surface area contributed by atoms with E-state index in [2.05, 4.69) is 117 Å². The van der Waals surface area contributed by atoms with Crippen LogP contribution < -0.4 is 24.8 Å². The first-order chi connectivity index (χ1) is 16.8. The first-order valence-electron chi connectivity index (χ1n) is 12.7. The van der Waals surface area contributed by atoms with Gasteiger partial charge in [0.05, 0.1) is 0 Å². The minimum Gasteiger partial charge on any atom is -1.00 e. The molecule has 0 unspecified atom stereocenters. The van der Waals surface area contributed by atoms with E-state index in [1.165, 1.54) is 47.7 Å². The van der Waals surface area contributed by atoms with Gasteiger partial charge in [0.2, 0.25) is 0 Å². The summed E-state index contributed by atoms with van der Waals surface area (Å²) < 4.78 is 6.50. The Bertz CT molecular complexity index is 1250. The van der Waals surface area contributed by atoms with Gasteiger partial charge in [-0.25, -0.2) is 0 Å². The zero-order valence-electron chi connectivity index (χ0n) is 24.2. The van der Waals surface area contributed by atoms with Crippen LogP contribution in [0.15, 0.2) is 71.5 Å². The normalized spacial score (nSPS) is 11.4. The van der Waals surface area contributed by atoms with Gasteiger partial charge in [0.15, 0.2) is 0 Å². The van der Waals surface area contributed by atoms with Crippen molar-refractivity contribution < 1.29 is 53.5 Å². The molecule has 0 radical (unpaired) electrons. The van der Waals surface area contributed by atoms with Crippen molar-refractivity contribution in [1.82, 2.24) is 0 Å². The summed E-state index contributed by atoms with van der Waals surface area (Å²) in [5, 5.41) is 0. The Morgan fingerprint density at radius 3 is 2.03 bits per heavy atom. The van der Waals surface area contributed by atoms with Crippen LogP contribution in [0.2, 0.25) is 0 Å². The molecule has 1 aromatic heterocycles. The predicted octanol–water partition coefficient (Wildman–Crippen LogP) is 3.38. The first-order valence-corrected chi connectivity index (χ1v) is 14.0. The Balaban J connectivity index is 0.000000358. The van der Waals surface area contributed by atoms with Gasteiger partial charge in [-0.3, -0.25) is 0 Å². The van der Waals surface area contributed by atoms with E-state index in [0.717, 1.165) is 12.0 Å². The summed E-state index contributed by atoms with van der Waals surface area (Å²) in [4.78, 5) is 0. The van der Waals surface area contributed by atoms with Gasteiger partial charge in [-0.1, -0.05) is 89.4 Å². The summed E-state index contributed by atoms with van der Waals surface area (Å²) in [5.41, 5.74) is 12.4. The minimum absolute atomic E-state index is 0. The van der Waals surface area contributed by atoms with Crippen LogP contribution in [-0.4, -0.2) is 3.21 Å². The second-order valence-electron chi connectivity index (χ2n) is 11.9. The number of hydrogen-bond donors (Lipinski definition) is 0. The maximum absolute atomic E-state index is 4.99. The van der Waals surface area contributed by atoms with Crippen molar-refractivity contribution in [3.05, 3.63) is 101 Å². The summed E-state index contributed by atoms with van der Waals surface area (Å²) in [6.45, 7) is 19.9. The van der Waals surface area contributed by atoms with E-state index in [0.29, 0.717) is 0 Å². The molecule has 0 spiro atoms. The van der Waals surface area contributed by atoms with Crippen molar-refractivity contribution in [2.75, 3.05) is 0 Å². The third-order valence-electron chi connectivity index (χ3n) is 6.33. The van der Waals surface area contributed by atoms with E-state index < -0.39 is 0 Å². The second kappa shape index (κ2) is 14.2. The minimum atomic E-state index is 0. The number of rotatable bonds is 1. The topological polar surface area (TPSA) is 13.1 Å². The molecular weight excluding hydrogens is 587 g/mol. The van der Waals surface area contributed by atoms with E-state index >= 15 is 0 Å². The fraction of sp³-hybridized carbons (Fsp3) is 0.353. The van der Waals surface area contributed by atoms with Crippen molar-refractivity contribution in [3.63, 3.8) is 0 Å². The van der Waals surface area contributed by atoms with Gasteiger partial charge >= 0.3 is 41.3 Å². The van der Waals surface area contributed by atoms with Gasteiger partial charge in [-0.15, -0.1) is 28.8 Å². The number of halogens is 2. The van der Waals surface area contributed by atoms with Gasteiger partial charge in [0, 0.05) is 12.5 Å². The molecule has 0 fully saturated rings. The fourth-order valence-electron chi connectivity index (χ4n) is 4.28. The largest absolute Gasteiger partial charge is 1.00 e. The van der Waals surface area contributed by atoms with E-state index in [-0.39, 0.29) is 35.6 Å². The molecule has 0 bridgehead atoms. The van der Waals surface area contributed by atoms with Crippen LogP contribution in [-0.2, 0) is 41.5 Å². The van der Waals surface area contributed by atoms with Crippen molar-refractivity contribution >= 4 is 3.21 Å². The SMILES string of the molecule is CC(C)(C)c1[c-]c2c(cc1)-c1ccc(C(C)(C)C)cc1C2.C[C](C)=[Zr+2].Cc1ccc[c-]1-c1ccoc1.[Cl-].[Cl-]. The number of fused-ring (bicyclic) bond motifs is 3. The molecule has 0 saturated carbocycles. The van der Waals surface area contributed by atoms with E-state index in [1.54, 1.807) is 36.8 Å². The molecule has 0 atom stereocenters. The van der Waals surface area contributed by atoms with E-state index in [4.69, 9.17) is 4.42 Å². The van der Waals surface area contributed by atoms with Crippen molar-refractivity contribution in [1.29, 1.82) is 0 Å². The molecule has 0 saturated heterocycles. The Morgan fingerprint density at radius 1 is 0.895 bits per heavy atom. The Hall–Kier alpha value is -1.60. The molecule has 1 aliphatic carbocycles. The van der Waals surface area contributed by atoms with Gasteiger partial charge in [0.1, 0.15) is 0 Å². The molecule has 4 aromatic rings. The standard InChI is InChI=1S/C21H25.C10H9O.C3H6.2ClH.Zr/c1-20(2,3)16-7-9-18-14(12-16)11-15-13-17(21(4,5)6)8-10-19(15)18;1-8-3-2-4-10(8)9-5-6-11-7-9;1-3-2;;;/h7-10,12H,11H2,1-6H3;2-7H,1H3;1-2H3;2*1H;/q2*-1;;;;+2/p-2. The second-order valence-corrected chi connectivity index (χ2v) is 14.4. The quantitative estimate of drug-likeness (QED) is 0.260.